The molecule has 1 N–H and O–H groups in total. The second-order valence-corrected chi connectivity index (χ2v) is 8.88. The van der Waals surface area contributed by atoms with Crippen LogP contribution < -0.4 is 5.32 Å². The number of aromatic nitrogens is 3. The third kappa shape index (κ3) is 4.86. The van der Waals surface area contributed by atoms with Crippen LogP contribution in [-0.4, -0.2) is 64.6 Å². The molecule has 1 aromatic heterocycles. The molecule has 1 aromatic carbocycles. The summed E-state index contributed by atoms with van der Waals surface area (Å²) >= 11 is 6.05. The minimum absolute atomic E-state index is 0.0172. The van der Waals surface area contributed by atoms with Crippen molar-refractivity contribution in [3.8, 4) is 18.0 Å². The number of carbonyl (C=O) groups excluding carboxylic acids is 1. The van der Waals surface area contributed by atoms with Gasteiger partial charge in [0.05, 0.1) is 36.0 Å². The number of nitrogens with zero attached hydrogens (tertiary/aromatic N) is 4. The highest BCUT2D eigenvalue weighted by molar-refractivity contribution is 7.91. The van der Waals surface area contributed by atoms with Crippen LogP contribution in [0.4, 0.5) is 5.69 Å². The van der Waals surface area contributed by atoms with Crippen molar-refractivity contribution in [1.29, 1.82) is 0 Å². The van der Waals surface area contributed by atoms with Crippen LogP contribution in [0, 0.1) is 12.3 Å². The summed E-state index contributed by atoms with van der Waals surface area (Å²) in [4.78, 5) is 18.2. The lowest BCUT2D eigenvalue weighted by Gasteiger charge is -2.25. The van der Waals surface area contributed by atoms with E-state index >= 15 is 0 Å². The quantitative estimate of drug-likeness (QED) is 0.717. The minimum atomic E-state index is -3.07. The van der Waals surface area contributed by atoms with Gasteiger partial charge in [0, 0.05) is 11.1 Å². The van der Waals surface area contributed by atoms with Gasteiger partial charge in [-0.2, -0.15) is 5.10 Å². The van der Waals surface area contributed by atoms with Gasteiger partial charge in [0.25, 0.3) is 0 Å². The molecule has 1 aliphatic rings. The van der Waals surface area contributed by atoms with Crippen molar-refractivity contribution in [3.05, 3.63) is 35.9 Å². The van der Waals surface area contributed by atoms with Crippen LogP contribution in [0.2, 0.25) is 5.02 Å². The molecule has 0 bridgehead atoms. The van der Waals surface area contributed by atoms with Crippen molar-refractivity contribution in [3.63, 3.8) is 0 Å². The number of carbonyl (C=O) groups is 1. The molecule has 1 fully saturated rings. The Morgan fingerprint density at radius 3 is 2.93 bits per heavy atom. The lowest BCUT2D eigenvalue weighted by Crippen LogP contribution is -2.42. The van der Waals surface area contributed by atoms with Crippen LogP contribution in [0.3, 0.4) is 0 Å². The predicted molar refractivity (Wildman–Crippen MR) is 102 cm³/mol. The molecule has 142 valence electrons. The number of rotatable bonds is 6. The molecule has 1 amide bonds. The first kappa shape index (κ1) is 19.4. The van der Waals surface area contributed by atoms with Gasteiger partial charge in [-0.1, -0.05) is 17.5 Å². The molecule has 0 spiro atoms. The average molecular weight is 408 g/mol. The largest absolute Gasteiger partial charge is 0.323 e. The highest BCUT2D eigenvalue weighted by Gasteiger charge is 2.32. The number of benzene rings is 1. The summed E-state index contributed by atoms with van der Waals surface area (Å²) in [7, 11) is -3.07. The van der Waals surface area contributed by atoms with Gasteiger partial charge in [0.15, 0.2) is 9.84 Å². The maximum absolute atomic E-state index is 12.6. The zero-order valence-corrected chi connectivity index (χ0v) is 15.9. The highest BCUT2D eigenvalue weighted by atomic mass is 35.5. The fraction of sp³-hybridized carbons (Fsp3) is 0.353. The van der Waals surface area contributed by atoms with E-state index in [9.17, 15) is 13.2 Å². The smallest absolute Gasteiger partial charge is 0.238 e. The van der Waals surface area contributed by atoms with Crippen LogP contribution in [-0.2, 0) is 14.6 Å². The number of anilines is 1. The Morgan fingerprint density at radius 2 is 2.30 bits per heavy atom. The molecule has 2 aromatic rings. The van der Waals surface area contributed by atoms with Crippen LogP contribution >= 0.6 is 11.6 Å². The van der Waals surface area contributed by atoms with Gasteiger partial charge >= 0.3 is 0 Å². The number of hydrogen-bond donors (Lipinski definition) is 1. The number of amides is 1. The molecule has 1 unspecified atom stereocenters. The van der Waals surface area contributed by atoms with E-state index in [2.05, 4.69) is 21.3 Å². The van der Waals surface area contributed by atoms with Crippen molar-refractivity contribution >= 4 is 33.0 Å². The van der Waals surface area contributed by atoms with E-state index in [1.165, 1.54) is 17.3 Å². The SMILES string of the molecule is C#CCN(CC(=O)Nc1cc(Cl)ccc1-n1cncn1)C1CCS(=O)(=O)C1. The maximum Gasteiger partial charge on any atom is 0.238 e. The summed E-state index contributed by atoms with van der Waals surface area (Å²) in [6.07, 6.45) is 8.75. The fourth-order valence-corrected chi connectivity index (χ4v) is 4.94. The number of sulfone groups is 1. The first-order chi connectivity index (χ1) is 12.9. The van der Waals surface area contributed by atoms with Gasteiger partial charge in [-0.15, -0.1) is 6.42 Å². The van der Waals surface area contributed by atoms with Gasteiger partial charge in [-0.25, -0.2) is 18.1 Å². The van der Waals surface area contributed by atoms with Crippen molar-refractivity contribution in [1.82, 2.24) is 19.7 Å². The summed E-state index contributed by atoms with van der Waals surface area (Å²) in [6, 6.07) is 4.76. The number of terminal acetylenes is 1. The molecule has 3 rings (SSSR count). The second kappa shape index (κ2) is 8.08. The molecule has 0 saturated carbocycles. The molecule has 1 atom stereocenters. The van der Waals surface area contributed by atoms with Crippen molar-refractivity contribution in [2.24, 2.45) is 0 Å². The minimum Gasteiger partial charge on any atom is -0.323 e. The third-order valence-corrected chi connectivity index (χ3v) is 6.25. The monoisotopic (exact) mass is 407 g/mol. The molecule has 1 saturated heterocycles. The van der Waals surface area contributed by atoms with Gasteiger partial charge in [-0.05, 0) is 24.6 Å². The number of halogens is 1. The van der Waals surface area contributed by atoms with Gasteiger partial charge < -0.3 is 5.32 Å². The van der Waals surface area contributed by atoms with Crippen molar-refractivity contribution in [2.45, 2.75) is 12.5 Å². The molecule has 8 nitrogen and oxygen atoms in total. The van der Waals surface area contributed by atoms with Crippen LogP contribution in [0.15, 0.2) is 30.9 Å². The molecule has 1 aliphatic heterocycles. The highest BCUT2D eigenvalue weighted by Crippen LogP contribution is 2.24. The Morgan fingerprint density at radius 1 is 1.48 bits per heavy atom. The normalized spacial score (nSPS) is 18.3. The summed E-state index contributed by atoms with van der Waals surface area (Å²) < 4.78 is 25.0. The lowest BCUT2D eigenvalue weighted by molar-refractivity contribution is -0.117. The van der Waals surface area contributed by atoms with E-state index in [1.54, 1.807) is 23.1 Å². The van der Waals surface area contributed by atoms with Crippen LogP contribution in [0.5, 0.6) is 0 Å². The Labute approximate surface area is 162 Å². The molecular weight excluding hydrogens is 390 g/mol. The van der Waals surface area contributed by atoms with Crippen molar-refractivity contribution in [2.75, 3.05) is 29.9 Å². The number of hydrogen-bond acceptors (Lipinski definition) is 6. The Hall–Kier alpha value is -2.41. The fourth-order valence-electron chi connectivity index (χ4n) is 3.01. The molecule has 27 heavy (non-hydrogen) atoms. The summed E-state index contributed by atoms with van der Waals surface area (Å²) in [6.45, 7) is 0.173. The molecule has 0 aliphatic carbocycles. The van der Waals surface area contributed by atoms with Gasteiger partial charge in [0.1, 0.15) is 12.7 Å². The first-order valence-electron chi connectivity index (χ1n) is 8.20. The van der Waals surface area contributed by atoms with E-state index in [0.717, 1.165) is 0 Å². The summed E-state index contributed by atoms with van der Waals surface area (Å²) in [5, 5.41) is 7.32. The summed E-state index contributed by atoms with van der Waals surface area (Å²) in [5.41, 5.74) is 1.08. The molecule has 2 heterocycles. The van der Waals surface area contributed by atoms with E-state index in [4.69, 9.17) is 18.0 Å². The molecular formula is C17H18ClN5O3S. The summed E-state index contributed by atoms with van der Waals surface area (Å²) in [5.74, 6) is 2.30. The average Bonchev–Trinajstić information content (AvgIpc) is 3.24. The molecule has 10 heteroatoms. The Kier molecular flexibility index (Phi) is 5.79. The van der Waals surface area contributed by atoms with E-state index in [-0.39, 0.29) is 36.5 Å². The second-order valence-electron chi connectivity index (χ2n) is 6.22. The zero-order valence-electron chi connectivity index (χ0n) is 14.4. The topological polar surface area (TPSA) is 97.2 Å². The molecule has 0 radical (unpaired) electrons. The standard InChI is InChI=1S/C17H18ClN5O3S/c1-2-6-22(14-5-7-27(25,26)10-14)9-17(24)21-15-8-13(18)3-4-16(15)23-12-19-11-20-23/h1,3-4,8,11-12,14H,5-7,9-10H2,(H,21,24). The lowest BCUT2D eigenvalue weighted by atomic mass is 10.2. The van der Waals surface area contributed by atoms with E-state index in [1.807, 2.05) is 0 Å². The Balaban J connectivity index is 1.75. The van der Waals surface area contributed by atoms with Gasteiger partial charge in [-0.3, -0.25) is 9.69 Å². The predicted octanol–water partition coefficient (Wildman–Crippen LogP) is 0.981. The van der Waals surface area contributed by atoms with E-state index in [0.29, 0.717) is 22.8 Å². The van der Waals surface area contributed by atoms with E-state index < -0.39 is 9.84 Å². The number of nitrogens with one attached hydrogen (secondary N) is 1. The first-order valence-corrected chi connectivity index (χ1v) is 10.4. The van der Waals surface area contributed by atoms with Gasteiger partial charge in [0.2, 0.25) is 5.91 Å². The third-order valence-electron chi connectivity index (χ3n) is 4.26. The van der Waals surface area contributed by atoms with Crippen LogP contribution in [0.25, 0.3) is 5.69 Å². The van der Waals surface area contributed by atoms with Crippen molar-refractivity contribution < 1.29 is 13.2 Å². The Bertz CT molecular complexity index is 969. The van der Waals surface area contributed by atoms with Crippen LogP contribution in [0.1, 0.15) is 6.42 Å². The zero-order chi connectivity index (χ0) is 19.4. The maximum atomic E-state index is 12.6.